The summed E-state index contributed by atoms with van der Waals surface area (Å²) in [6.45, 7) is 24.6. The Morgan fingerprint density at radius 2 is 0.750 bits per heavy atom. The number of aromatic nitrogens is 12. The Morgan fingerprint density at radius 1 is 0.425 bits per heavy atom. The van der Waals surface area contributed by atoms with Gasteiger partial charge in [-0.1, -0.05) is 87.9 Å². The SMILES string of the molecule is Cc1ccnc(C(C)C)c1-n1c(=O)nc(N2CCCC[C@@H]2C)c2cc(F)c(-c3c(N)c(Cl)c(F)c(Cl)c3F)nc21.Cc1ccnc(C(C)C)c1-n1c(=O)nc(N2CCCC[C@@H]2C)c2cc(F)c(-c3c(N)c(F)c(F)c(Cl)c3F)nc21.Cc1ccnc(C(C)C)c1-n1c(=O)nc(N2CCCC[C@@H]2C)c2cc(F)c(C3=C(F)C(N)C(F)C(F)=C3Cl)nc21. The molecule has 120 heavy (non-hydrogen) atoms. The lowest BCUT2D eigenvalue weighted by molar-refractivity contribution is 0.274. The Kier molecular flexibility index (Phi) is 25.2. The molecule has 0 bridgehead atoms. The summed E-state index contributed by atoms with van der Waals surface area (Å²) in [5, 5.41) is -3.16. The van der Waals surface area contributed by atoms with Crippen molar-refractivity contribution in [2.45, 2.75) is 189 Å². The Morgan fingerprint density at radius 3 is 1.09 bits per heavy atom. The second-order valence-electron chi connectivity index (χ2n) is 31.3. The van der Waals surface area contributed by atoms with Crippen molar-refractivity contribution in [3.8, 4) is 39.6 Å². The van der Waals surface area contributed by atoms with Crippen molar-refractivity contribution in [3.05, 3.63) is 204 Å². The van der Waals surface area contributed by atoms with Crippen molar-refractivity contribution < 1.29 is 48.3 Å². The molecule has 3 saturated heterocycles. The third-order valence-electron chi connectivity index (χ3n) is 22.2. The monoisotopic (exact) mass is 1740 g/mol. The average Bonchev–Trinajstić information content (AvgIpc) is 0.737. The normalized spacial score (nSPS) is 18.0. The number of nitrogens with zero attached hydrogens (tertiary/aromatic N) is 15. The summed E-state index contributed by atoms with van der Waals surface area (Å²) in [7, 11) is 0. The Labute approximate surface area is 701 Å². The zero-order chi connectivity index (χ0) is 87.1. The maximum absolute atomic E-state index is 15.9. The van der Waals surface area contributed by atoms with E-state index in [9.17, 15) is 36.3 Å². The number of anilines is 5. The number of halogens is 15. The Balaban J connectivity index is 0.000000156. The van der Waals surface area contributed by atoms with E-state index < -0.39 is 153 Å². The molecule has 9 aromatic heterocycles. The summed E-state index contributed by atoms with van der Waals surface area (Å²) in [5.74, 6) is -13.0. The highest BCUT2D eigenvalue weighted by atomic mass is 35.5. The van der Waals surface area contributed by atoms with E-state index in [0.29, 0.717) is 70.5 Å². The molecule has 2 unspecified atom stereocenters. The summed E-state index contributed by atoms with van der Waals surface area (Å²) >= 11 is 23.5. The van der Waals surface area contributed by atoms with E-state index >= 15 is 26.3 Å². The summed E-state index contributed by atoms with van der Waals surface area (Å²) in [6.07, 6.45) is 10.5. The number of aryl methyl sites for hydroxylation is 3. The Bertz CT molecular complexity index is 5960. The first-order chi connectivity index (χ1) is 56.8. The number of pyridine rings is 6. The standard InChI is InChI=1S/C28H27Cl2F3N6O.C28H27ClF4N6O.C28H29ClF4N6O/c1-12(2)23-25(13(3)8-9-35-23)39-27-15(26(37-28(39)40)38-10-6-5-7-14(38)4)11-16(31)24(36-27)17-20(32)18(29)21(33)19(30)22(17)34;1-12(2)23-25(13(3)8-9-35-23)39-27-15(26(37-28(39)40)38-10-6-5-7-14(38)4)11-16(30)24(36-27)17-19(31)18(29)20(32)21(33)22(17)34;1-12(2)23-25(13(3)8-9-35-23)39-27-15(26(37-28(39)40)38-10-6-5-7-14(38)4)11-16(30)24(36-27)17-18(29)20(32)21(33)22(34)19(17)31/h2*8-9,11-12,14H,5-7,10,34H2,1-4H3;8-9,11-12,14,21-22H,5-7,10,34H2,1-4H3/t2*14-;14-,21?,22?/m000/s1. The number of benzene rings is 2. The van der Waals surface area contributed by atoms with E-state index in [1.165, 1.54) is 13.7 Å². The summed E-state index contributed by atoms with van der Waals surface area (Å²) in [6, 6.07) is 6.46. The van der Waals surface area contributed by atoms with Gasteiger partial charge in [-0.15, -0.1) is 0 Å². The molecule has 6 N–H and O–H groups in total. The van der Waals surface area contributed by atoms with Gasteiger partial charge in [-0.25, -0.2) is 91.3 Å². The second-order valence-corrected chi connectivity index (χ2v) is 32.8. The fourth-order valence-electron chi connectivity index (χ4n) is 16.0. The third kappa shape index (κ3) is 15.5. The molecule has 0 amide bonds. The van der Waals surface area contributed by atoms with Crippen LogP contribution in [0, 0.1) is 67.3 Å². The molecule has 0 spiro atoms. The molecular weight excluding hydrogens is 1660 g/mol. The maximum Gasteiger partial charge on any atom is 0.355 e. The number of allylic oxidation sites excluding steroid dienone is 2. The topological polar surface area (TPSA) is 270 Å². The van der Waals surface area contributed by atoms with Gasteiger partial charge in [0.15, 0.2) is 75.5 Å². The van der Waals surface area contributed by atoms with Gasteiger partial charge < -0.3 is 31.9 Å². The molecule has 0 saturated carbocycles. The van der Waals surface area contributed by atoms with Gasteiger partial charge in [-0.05, 0) is 170 Å². The minimum Gasteiger partial charge on any atom is -0.397 e. The van der Waals surface area contributed by atoms with Gasteiger partial charge in [0.25, 0.3) is 0 Å². The number of rotatable bonds is 12. The van der Waals surface area contributed by atoms with Crippen LogP contribution in [0.3, 0.4) is 0 Å². The van der Waals surface area contributed by atoms with Crippen molar-refractivity contribution in [2.24, 2.45) is 5.73 Å². The predicted molar refractivity (Wildman–Crippen MR) is 447 cm³/mol. The van der Waals surface area contributed by atoms with Crippen molar-refractivity contribution in [2.75, 3.05) is 45.8 Å². The molecule has 15 rings (SSSR count). The van der Waals surface area contributed by atoms with Crippen molar-refractivity contribution in [1.82, 2.24) is 58.6 Å². The first-order valence-corrected chi connectivity index (χ1v) is 40.5. The van der Waals surface area contributed by atoms with Crippen molar-refractivity contribution in [3.63, 3.8) is 0 Å². The van der Waals surface area contributed by atoms with Crippen LogP contribution in [0.2, 0.25) is 15.1 Å². The zero-order valence-electron chi connectivity index (χ0n) is 67.1. The van der Waals surface area contributed by atoms with Crippen LogP contribution in [0.1, 0.15) is 177 Å². The molecule has 21 nitrogen and oxygen atoms in total. The molecular formula is C84H83Cl4F11N18O3. The first kappa shape index (κ1) is 87.4. The van der Waals surface area contributed by atoms with Crippen molar-refractivity contribution in [1.29, 1.82) is 0 Å². The van der Waals surface area contributed by atoms with E-state index in [1.807, 2.05) is 83.9 Å². The number of alkyl halides is 1. The highest BCUT2D eigenvalue weighted by Crippen LogP contribution is 2.47. The van der Waals surface area contributed by atoms with Gasteiger partial charge in [0.1, 0.15) is 55.4 Å². The van der Waals surface area contributed by atoms with Gasteiger partial charge in [0, 0.05) is 56.4 Å². The lowest BCUT2D eigenvalue weighted by atomic mass is 9.96. The highest BCUT2D eigenvalue weighted by Gasteiger charge is 2.41. The Hall–Kier alpha value is -10.4. The number of hydrogen-bond donors (Lipinski definition) is 3. The first-order valence-electron chi connectivity index (χ1n) is 39.0. The molecule has 632 valence electrons. The number of fused-ring (bicyclic) bond motifs is 3. The number of nitrogens with two attached hydrogens (primary N) is 3. The molecule has 4 aliphatic rings. The molecule has 1 aliphatic carbocycles. The summed E-state index contributed by atoms with van der Waals surface area (Å²) in [4.78, 5) is 87.0. The highest BCUT2D eigenvalue weighted by molar-refractivity contribution is 6.38. The second kappa shape index (κ2) is 34.6. The fraction of sp³-hybridized carbons (Fsp3) is 0.381. The van der Waals surface area contributed by atoms with E-state index in [0.717, 1.165) is 76.0 Å². The van der Waals surface area contributed by atoms with E-state index in [2.05, 4.69) is 44.9 Å². The summed E-state index contributed by atoms with van der Waals surface area (Å²) in [5.41, 5.74) is 14.2. The van der Waals surface area contributed by atoms with Crippen LogP contribution in [0.4, 0.5) is 77.1 Å². The molecule has 11 aromatic rings. The lowest BCUT2D eigenvalue weighted by Crippen LogP contribution is -2.40. The third-order valence-corrected chi connectivity index (χ3v) is 23.6. The van der Waals surface area contributed by atoms with Crippen LogP contribution in [-0.4, -0.2) is 109 Å². The maximum atomic E-state index is 15.9. The molecule has 36 heteroatoms. The number of hydrogen-bond acceptors (Lipinski definition) is 18. The van der Waals surface area contributed by atoms with Gasteiger partial charge >= 0.3 is 17.1 Å². The number of piperidine rings is 3. The quantitative estimate of drug-likeness (QED) is 0.0444. The minimum atomic E-state index is -2.53. The fourth-order valence-corrected chi connectivity index (χ4v) is 16.9. The molecule has 0 radical (unpaired) electrons. The van der Waals surface area contributed by atoms with Gasteiger partial charge in [-0.3, -0.25) is 15.0 Å². The molecule has 3 fully saturated rings. The minimum absolute atomic E-state index is 0.00637. The number of nitrogen functional groups attached to an aromatic ring is 2. The van der Waals surface area contributed by atoms with Crippen LogP contribution in [-0.2, 0) is 0 Å². The van der Waals surface area contributed by atoms with Crippen LogP contribution in [0.25, 0.3) is 78.3 Å². The van der Waals surface area contributed by atoms with Crippen LogP contribution in [0.15, 0.2) is 86.1 Å². The molecule has 3 aliphatic heterocycles. The van der Waals surface area contributed by atoms with Crippen LogP contribution in [0.5, 0.6) is 0 Å². The van der Waals surface area contributed by atoms with E-state index in [4.69, 9.17) is 63.6 Å². The van der Waals surface area contributed by atoms with E-state index in [-0.39, 0.29) is 86.4 Å². The van der Waals surface area contributed by atoms with E-state index in [1.54, 1.807) is 50.6 Å². The predicted octanol–water partition coefficient (Wildman–Crippen LogP) is 19.3. The molecule has 2 aromatic carbocycles. The summed E-state index contributed by atoms with van der Waals surface area (Å²) < 4.78 is 169. The van der Waals surface area contributed by atoms with Gasteiger partial charge in [0.2, 0.25) is 0 Å². The van der Waals surface area contributed by atoms with Gasteiger partial charge in [0.05, 0.1) is 89.5 Å². The lowest BCUT2D eigenvalue weighted by Gasteiger charge is -2.35. The zero-order valence-corrected chi connectivity index (χ0v) is 70.2. The largest absolute Gasteiger partial charge is 0.397 e. The van der Waals surface area contributed by atoms with Gasteiger partial charge in [-0.2, -0.15) is 15.0 Å². The smallest absolute Gasteiger partial charge is 0.355 e. The molecule has 5 atom stereocenters. The molecule has 12 heterocycles. The average molecular weight is 1740 g/mol. The van der Waals surface area contributed by atoms with Crippen LogP contribution < -0.4 is 49.0 Å². The van der Waals surface area contributed by atoms with Crippen LogP contribution >= 0.6 is 46.4 Å². The van der Waals surface area contributed by atoms with Crippen molar-refractivity contribution >= 4 is 114 Å².